The van der Waals surface area contributed by atoms with Gasteiger partial charge in [0.25, 0.3) is 0 Å². The second-order valence-electron chi connectivity index (χ2n) is 4.03. The second kappa shape index (κ2) is 8.26. The van der Waals surface area contributed by atoms with E-state index in [2.05, 4.69) is 5.43 Å². The molecular weight excluding hydrogens is 244 g/mol. The Morgan fingerprint density at radius 1 is 1.21 bits per heavy atom. The molecule has 0 unspecified atom stereocenters. The van der Waals surface area contributed by atoms with Gasteiger partial charge in [-0.1, -0.05) is 44.2 Å². The summed E-state index contributed by atoms with van der Waals surface area (Å²) in [5, 5.41) is 0.951. The summed E-state index contributed by atoms with van der Waals surface area (Å²) < 4.78 is 5.11. The highest BCUT2D eigenvalue weighted by atomic mass is 16.6. The van der Waals surface area contributed by atoms with Gasteiger partial charge in [0.1, 0.15) is 6.61 Å². The number of hydrogen-bond donors (Lipinski definition) is 1. The molecule has 0 radical (unpaired) electrons. The molecule has 1 N–H and O–H groups in total. The van der Waals surface area contributed by atoms with Gasteiger partial charge in [-0.15, -0.1) is 0 Å². The number of hydrogen-bond acceptors (Lipinski definition) is 4. The van der Waals surface area contributed by atoms with E-state index in [1.54, 1.807) is 6.92 Å². The lowest BCUT2D eigenvalue weighted by Crippen LogP contribution is -2.47. The molecule has 0 atom stereocenters. The van der Waals surface area contributed by atoms with E-state index >= 15 is 0 Å². The van der Waals surface area contributed by atoms with Crippen molar-refractivity contribution in [3.05, 3.63) is 35.9 Å². The van der Waals surface area contributed by atoms with Gasteiger partial charge < -0.3 is 4.74 Å². The first-order valence-electron chi connectivity index (χ1n) is 6.46. The zero-order valence-corrected chi connectivity index (χ0v) is 11.4. The normalized spacial score (nSPS) is 10.0. The highest BCUT2D eigenvalue weighted by molar-refractivity contribution is 5.91. The van der Waals surface area contributed by atoms with Crippen LogP contribution in [0.3, 0.4) is 0 Å². The first kappa shape index (κ1) is 15.2. The predicted octanol–water partition coefficient (Wildman–Crippen LogP) is 2.48. The third-order valence-corrected chi connectivity index (χ3v) is 2.46. The van der Waals surface area contributed by atoms with E-state index in [1.165, 1.54) is 0 Å². The van der Waals surface area contributed by atoms with E-state index in [-0.39, 0.29) is 18.9 Å². The molecule has 0 fully saturated rings. The summed E-state index contributed by atoms with van der Waals surface area (Å²) in [5.41, 5.74) is 3.65. The molecule has 2 amide bonds. The molecule has 1 rings (SSSR count). The number of carbonyl (C=O) groups excluding carboxylic acids is 2. The summed E-state index contributed by atoms with van der Waals surface area (Å²) in [5.74, 6) is -0.300. The standard InChI is InChI=1S/C14H20N2O3/c1-3-10-15-16(13(17)4-2)14(18)19-11-12-8-6-5-7-9-12/h5-9,15H,3-4,10-11H2,1-2H3. The Morgan fingerprint density at radius 3 is 2.47 bits per heavy atom. The molecule has 5 heteroatoms. The van der Waals surface area contributed by atoms with Crippen LogP contribution < -0.4 is 5.43 Å². The number of amides is 2. The minimum absolute atomic E-state index is 0.154. The molecule has 0 heterocycles. The summed E-state index contributed by atoms with van der Waals surface area (Å²) in [7, 11) is 0. The van der Waals surface area contributed by atoms with Crippen molar-refractivity contribution in [1.82, 2.24) is 10.4 Å². The third-order valence-electron chi connectivity index (χ3n) is 2.46. The molecule has 0 aliphatic rings. The van der Waals surface area contributed by atoms with Crippen LogP contribution in [0.4, 0.5) is 4.79 Å². The predicted molar refractivity (Wildman–Crippen MR) is 72.1 cm³/mol. The van der Waals surface area contributed by atoms with Crippen molar-refractivity contribution in [2.45, 2.75) is 33.3 Å². The van der Waals surface area contributed by atoms with Crippen molar-refractivity contribution >= 4 is 12.0 Å². The monoisotopic (exact) mass is 264 g/mol. The van der Waals surface area contributed by atoms with Gasteiger partial charge in [-0.3, -0.25) is 4.79 Å². The zero-order chi connectivity index (χ0) is 14.1. The first-order valence-corrected chi connectivity index (χ1v) is 6.46. The largest absolute Gasteiger partial charge is 0.443 e. The first-order chi connectivity index (χ1) is 9.19. The van der Waals surface area contributed by atoms with Crippen LogP contribution in [0.25, 0.3) is 0 Å². The fourth-order valence-electron chi connectivity index (χ4n) is 1.42. The third kappa shape index (κ3) is 5.09. The Balaban J connectivity index is 2.54. The van der Waals surface area contributed by atoms with Gasteiger partial charge in [0, 0.05) is 13.0 Å². The Bertz CT molecular complexity index is 406. The molecule has 0 bridgehead atoms. The minimum Gasteiger partial charge on any atom is -0.443 e. The van der Waals surface area contributed by atoms with Crippen LogP contribution in [-0.4, -0.2) is 23.6 Å². The van der Waals surface area contributed by atoms with E-state index in [0.717, 1.165) is 17.0 Å². The van der Waals surface area contributed by atoms with Crippen LogP contribution in [0.2, 0.25) is 0 Å². The summed E-state index contributed by atoms with van der Waals surface area (Å²) in [6.45, 7) is 4.36. The molecule has 0 saturated heterocycles. The molecule has 0 aliphatic heterocycles. The molecule has 1 aromatic carbocycles. The maximum absolute atomic E-state index is 11.8. The molecule has 0 aromatic heterocycles. The number of carbonyl (C=O) groups is 2. The topological polar surface area (TPSA) is 58.6 Å². The number of hydrazine groups is 1. The number of imide groups is 1. The van der Waals surface area contributed by atoms with Crippen LogP contribution in [0, 0.1) is 0 Å². The van der Waals surface area contributed by atoms with E-state index < -0.39 is 6.09 Å². The smallest absolute Gasteiger partial charge is 0.431 e. The average molecular weight is 264 g/mol. The molecule has 0 aliphatic carbocycles. The molecule has 5 nitrogen and oxygen atoms in total. The molecule has 0 saturated carbocycles. The lowest BCUT2D eigenvalue weighted by Gasteiger charge is -2.20. The van der Waals surface area contributed by atoms with Gasteiger partial charge >= 0.3 is 6.09 Å². The Labute approximate surface area is 113 Å². The Hall–Kier alpha value is -1.88. The lowest BCUT2D eigenvalue weighted by atomic mass is 10.2. The fraction of sp³-hybridized carbons (Fsp3) is 0.429. The van der Waals surface area contributed by atoms with Gasteiger partial charge in [-0.25, -0.2) is 10.2 Å². The molecule has 1 aromatic rings. The number of rotatable bonds is 6. The fourth-order valence-corrected chi connectivity index (χ4v) is 1.42. The summed E-state index contributed by atoms with van der Waals surface area (Å²) in [6, 6.07) is 9.35. The van der Waals surface area contributed by atoms with Crippen LogP contribution in [0.15, 0.2) is 30.3 Å². The summed E-state index contributed by atoms with van der Waals surface area (Å²) in [6.07, 6.45) is 0.403. The maximum atomic E-state index is 11.8. The van der Waals surface area contributed by atoms with Crippen molar-refractivity contribution in [1.29, 1.82) is 0 Å². The van der Waals surface area contributed by atoms with Crippen molar-refractivity contribution in [3.8, 4) is 0 Å². The maximum Gasteiger partial charge on any atom is 0.431 e. The van der Waals surface area contributed by atoms with Gasteiger partial charge in [0.15, 0.2) is 0 Å². The van der Waals surface area contributed by atoms with Gasteiger partial charge in [0.2, 0.25) is 5.91 Å². The number of nitrogens with zero attached hydrogens (tertiary/aromatic N) is 1. The molecule has 104 valence electrons. The van der Waals surface area contributed by atoms with Crippen LogP contribution in [-0.2, 0) is 16.1 Å². The molecule has 0 spiro atoms. The Kier molecular flexibility index (Phi) is 6.60. The van der Waals surface area contributed by atoms with Crippen LogP contribution in [0.5, 0.6) is 0 Å². The van der Waals surface area contributed by atoms with Crippen molar-refractivity contribution in [3.63, 3.8) is 0 Å². The molecular formula is C14H20N2O3. The quantitative estimate of drug-likeness (QED) is 0.802. The Morgan fingerprint density at radius 2 is 1.89 bits per heavy atom. The number of nitrogens with one attached hydrogen (secondary N) is 1. The van der Waals surface area contributed by atoms with Gasteiger partial charge in [-0.2, -0.15) is 5.01 Å². The highest BCUT2D eigenvalue weighted by Crippen LogP contribution is 2.03. The number of ether oxygens (including phenoxy) is 1. The van der Waals surface area contributed by atoms with Gasteiger partial charge in [0.05, 0.1) is 0 Å². The van der Waals surface area contributed by atoms with Crippen molar-refractivity contribution in [2.24, 2.45) is 0 Å². The highest BCUT2D eigenvalue weighted by Gasteiger charge is 2.20. The summed E-state index contributed by atoms with van der Waals surface area (Å²) >= 11 is 0. The molecule has 19 heavy (non-hydrogen) atoms. The van der Waals surface area contributed by atoms with Crippen molar-refractivity contribution < 1.29 is 14.3 Å². The minimum atomic E-state index is -0.663. The average Bonchev–Trinajstić information content (AvgIpc) is 2.46. The van der Waals surface area contributed by atoms with Crippen LogP contribution in [0.1, 0.15) is 32.3 Å². The van der Waals surface area contributed by atoms with Gasteiger partial charge in [-0.05, 0) is 12.0 Å². The van der Waals surface area contributed by atoms with Crippen LogP contribution >= 0.6 is 0 Å². The van der Waals surface area contributed by atoms with E-state index in [0.29, 0.717) is 6.54 Å². The zero-order valence-electron chi connectivity index (χ0n) is 11.4. The van der Waals surface area contributed by atoms with E-state index in [1.807, 2.05) is 37.3 Å². The lowest BCUT2D eigenvalue weighted by molar-refractivity contribution is -0.132. The van der Waals surface area contributed by atoms with E-state index in [4.69, 9.17) is 4.74 Å². The second-order valence-corrected chi connectivity index (χ2v) is 4.03. The SMILES string of the molecule is CCCNN(C(=O)CC)C(=O)OCc1ccccc1. The van der Waals surface area contributed by atoms with E-state index in [9.17, 15) is 9.59 Å². The van der Waals surface area contributed by atoms with Crippen molar-refractivity contribution in [2.75, 3.05) is 6.54 Å². The number of benzene rings is 1. The summed E-state index contributed by atoms with van der Waals surface area (Å²) in [4.78, 5) is 23.5.